The van der Waals surface area contributed by atoms with Crippen molar-refractivity contribution in [3.05, 3.63) is 0 Å². The van der Waals surface area contributed by atoms with Crippen LogP contribution in [0.3, 0.4) is 0 Å². The van der Waals surface area contributed by atoms with E-state index >= 15 is 0 Å². The highest BCUT2D eigenvalue weighted by atomic mass is 32.2. The second kappa shape index (κ2) is 10.4. The van der Waals surface area contributed by atoms with Crippen LogP contribution in [0.5, 0.6) is 0 Å². The van der Waals surface area contributed by atoms with Gasteiger partial charge < -0.3 is 20.0 Å². The first-order valence-electron chi connectivity index (χ1n) is 11.2. The van der Waals surface area contributed by atoms with Crippen molar-refractivity contribution < 1.29 is 0 Å². The van der Waals surface area contributed by atoms with Crippen LogP contribution in [0, 0.1) is 5.92 Å². The number of aliphatic imine (C=N–C) groups is 1. The zero-order valence-corrected chi connectivity index (χ0v) is 18.7. The number of nitrogens with zero attached hydrogens (tertiary/aromatic N) is 4. The average molecular weight is 396 g/mol. The van der Waals surface area contributed by atoms with Crippen LogP contribution in [0.25, 0.3) is 0 Å². The Labute approximate surface area is 171 Å². The Balaban J connectivity index is 1.43. The quantitative estimate of drug-likeness (QED) is 0.572. The van der Waals surface area contributed by atoms with Crippen molar-refractivity contribution in [2.45, 2.75) is 50.7 Å². The van der Waals surface area contributed by atoms with Gasteiger partial charge in [-0.25, -0.2) is 0 Å². The third kappa shape index (κ3) is 6.01. The van der Waals surface area contributed by atoms with Gasteiger partial charge in [-0.15, -0.1) is 0 Å². The lowest BCUT2D eigenvalue weighted by atomic mass is 9.87. The molecule has 1 atom stereocenters. The van der Waals surface area contributed by atoms with Gasteiger partial charge in [-0.3, -0.25) is 4.99 Å². The molecule has 6 heteroatoms. The monoisotopic (exact) mass is 395 g/mol. The highest BCUT2D eigenvalue weighted by Crippen LogP contribution is 2.42. The minimum atomic E-state index is 0.499. The SMILES string of the molecule is CCN1CCN(CC(C)CNC(=NC)N2CCSC3(CCCCC3)C2)CC1. The molecule has 3 aliphatic rings. The summed E-state index contributed by atoms with van der Waals surface area (Å²) >= 11 is 2.23. The van der Waals surface area contributed by atoms with Gasteiger partial charge in [-0.05, 0) is 25.3 Å². The zero-order chi connectivity index (χ0) is 19.1. The standard InChI is InChI=1S/C21H41N5S/c1-4-24-10-12-25(13-11-24)17-19(2)16-23-20(22-3)26-14-15-27-21(18-26)8-6-5-7-9-21/h19H,4-18H2,1-3H3,(H,22,23). The molecule has 27 heavy (non-hydrogen) atoms. The highest BCUT2D eigenvalue weighted by Gasteiger charge is 2.38. The maximum Gasteiger partial charge on any atom is 0.193 e. The lowest BCUT2D eigenvalue weighted by molar-refractivity contribution is 0.124. The van der Waals surface area contributed by atoms with Crippen LogP contribution in [0.4, 0.5) is 0 Å². The van der Waals surface area contributed by atoms with E-state index in [-0.39, 0.29) is 0 Å². The van der Waals surface area contributed by atoms with Gasteiger partial charge in [0.1, 0.15) is 0 Å². The van der Waals surface area contributed by atoms with Crippen LogP contribution >= 0.6 is 11.8 Å². The fourth-order valence-corrected chi connectivity index (χ4v) is 6.48. The third-order valence-electron chi connectivity index (χ3n) is 6.62. The first-order chi connectivity index (χ1) is 13.1. The molecule has 1 N–H and O–H groups in total. The molecular formula is C21H41N5S. The van der Waals surface area contributed by atoms with E-state index in [0.717, 1.165) is 19.0 Å². The van der Waals surface area contributed by atoms with E-state index in [9.17, 15) is 0 Å². The third-order valence-corrected chi connectivity index (χ3v) is 8.15. The van der Waals surface area contributed by atoms with Gasteiger partial charge in [0.2, 0.25) is 0 Å². The summed E-state index contributed by atoms with van der Waals surface area (Å²) < 4.78 is 0.499. The maximum atomic E-state index is 4.63. The van der Waals surface area contributed by atoms with Crippen molar-refractivity contribution in [2.24, 2.45) is 10.9 Å². The summed E-state index contributed by atoms with van der Waals surface area (Å²) in [5.41, 5.74) is 0. The number of likely N-dealkylation sites (N-methyl/N-ethyl adjacent to an activating group) is 1. The van der Waals surface area contributed by atoms with Gasteiger partial charge in [-0.1, -0.05) is 33.1 Å². The van der Waals surface area contributed by atoms with Crippen molar-refractivity contribution in [1.29, 1.82) is 0 Å². The van der Waals surface area contributed by atoms with E-state index in [0.29, 0.717) is 10.7 Å². The molecule has 1 aliphatic carbocycles. The number of rotatable bonds is 5. The summed E-state index contributed by atoms with van der Waals surface area (Å²) in [6.45, 7) is 15.3. The minimum Gasteiger partial charge on any atom is -0.356 e. The molecule has 5 nitrogen and oxygen atoms in total. The Morgan fingerprint density at radius 2 is 1.78 bits per heavy atom. The molecule has 1 spiro atoms. The summed E-state index contributed by atoms with van der Waals surface area (Å²) in [5.74, 6) is 3.03. The second-order valence-corrected chi connectivity index (χ2v) is 10.3. The molecule has 1 unspecified atom stereocenters. The molecule has 1 saturated carbocycles. The smallest absolute Gasteiger partial charge is 0.193 e. The van der Waals surface area contributed by atoms with Gasteiger partial charge in [-0.2, -0.15) is 11.8 Å². The zero-order valence-electron chi connectivity index (χ0n) is 17.9. The van der Waals surface area contributed by atoms with Crippen molar-refractivity contribution in [2.75, 3.05) is 71.7 Å². The summed E-state index contributed by atoms with van der Waals surface area (Å²) in [6.07, 6.45) is 7.04. The van der Waals surface area contributed by atoms with Crippen LogP contribution in [0.15, 0.2) is 4.99 Å². The Kier molecular flexibility index (Phi) is 8.15. The summed E-state index contributed by atoms with van der Waals surface area (Å²) in [6, 6.07) is 0. The normalized spacial score (nSPS) is 26.3. The van der Waals surface area contributed by atoms with Gasteiger partial charge in [0.15, 0.2) is 5.96 Å². The van der Waals surface area contributed by atoms with Crippen LogP contribution < -0.4 is 5.32 Å². The average Bonchev–Trinajstić information content (AvgIpc) is 2.70. The van der Waals surface area contributed by atoms with E-state index in [4.69, 9.17) is 0 Å². The van der Waals surface area contributed by atoms with Crippen molar-refractivity contribution in [3.8, 4) is 0 Å². The van der Waals surface area contributed by atoms with Crippen molar-refractivity contribution in [3.63, 3.8) is 0 Å². The number of hydrogen-bond donors (Lipinski definition) is 1. The molecule has 0 aromatic heterocycles. The van der Waals surface area contributed by atoms with E-state index < -0.39 is 0 Å². The highest BCUT2D eigenvalue weighted by molar-refractivity contribution is 8.00. The minimum absolute atomic E-state index is 0.499. The fraction of sp³-hybridized carbons (Fsp3) is 0.952. The number of piperazine rings is 1. The number of guanidine groups is 1. The van der Waals surface area contributed by atoms with Gasteiger partial charge >= 0.3 is 0 Å². The Morgan fingerprint density at radius 1 is 1.07 bits per heavy atom. The second-order valence-electron chi connectivity index (χ2n) is 8.78. The van der Waals surface area contributed by atoms with Crippen LogP contribution in [0.1, 0.15) is 46.0 Å². The molecule has 3 fully saturated rings. The molecule has 0 radical (unpaired) electrons. The van der Waals surface area contributed by atoms with Crippen molar-refractivity contribution in [1.82, 2.24) is 20.0 Å². The number of nitrogens with one attached hydrogen (secondary N) is 1. The summed E-state index contributed by atoms with van der Waals surface area (Å²) in [5, 5.41) is 3.70. The molecule has 2 saturated heterocycles. The van der Waals surface area contributed by atoms with Crippen LogP contribution in [0.2, 0.25) is 0 Å². The fourth-order valence-electron chi connectivity index (χ4n) is 4.92. The topological polar surface area (TPSA) is 34.1 Å². The molecule has 0 amide bonds. The van der Waals surface area contributed by atoms with Crippen LogP contribution in [-0.2, 0) is 0 Å². The molecule has 3 rings (SSSR count). The molecule has 0 bridgehead atoms. The Hall–Kier alpha value is -0.460. The van der Waals surface area contributed by atoms with E-state index in [1.54, 1.807) is 0 Å². The van der Waals surface area contributed by atoms with Gasteiger partial charge in [0.05, 0.1) is 0 Å². The van der Waals surface area contributed by atoms with Gasteiger partial charge in [0, 0.05) is 69.9 Å². The lowest BCUT2D eigenvalue weighted by Gasteiger charge is -2.45. The molecular weight excluding hydrogens is 354 g/mol. The molecule has 2 aliphatic heterocycles. The van der Waals surface area contributed by atoms with E-state index in [1.807, 2.05) is 7.05 Å². The van der Waals surface area contributed by atoms with E-state index in [2.05, 4.69) is 50.6 Å². The summed E-state index contributed by atoms with van der Waals surface area (Å²) in [4.78, 5) is 12.4. The van der Waals surface area contributed by atoms with Crippen LogP contribution in [-0.4, -0.2) is 97.1 Å². The maximum absolute atomic E-state index is 4.63. The predicted molar refractivity (Wildman–Crippen MR) is 119 cm³/mol. The molecule has 156 valence electrons. The Morgan fingerprint density at radius 3 is 2.44 bits per heavy atom. The van der Waals surface area contributed by atoms with E-state index in [1.165, 1.54) is 83.7 Å². The summed E-state index contributed by atoms with van der Waals surface area (Å²) in [7, 11) is 1.95. The largest absolute Gasteiger partial charge is 0.356 e. The number of hydrogen-bond acceptors (Lipinski definition) is 4. The number of thioether (sulfide) groups is 1. The first kappa shape index (κ1) is 21.3. The van der Waals surface area contributed by atoms with Gasteiger partial charge in [0.25, 0.3) is 0 Å². The molecule has 2 heterocycles. The Bertz CT molecular complexity index is 464. The molecule has 0 aromatic rings. The lowest BCUT2D eigenvalue weighted by Crippen LogP contribution is -2.54. The molecule has 0 aromatic carbocycles. The first-order valence-corrected chi connectivity index (χ1v) is 12.2. The predicted octanol–water partition coefficient (Wildman–Crippen LogP) is 2.59. The van der Waals surface area contributed by atoms with Crippen molar-refractivity contribution >= 4 is 17.7 Å².